The summed E-state index contributed by atoms with van der Waals surface area (Å²) in [5.74, 6) is 0.957. The van der Waals surface area contributed by atoms with Crippen molar-refractivity contribution in [3.63, 3.8) is 0 Å². The van der Waals surface area contributed by atoms with Crippen LogP contribution in [0.5, 0.6) is 5.75 Å². The number of hydrogen-bond donors (Lipinski definition) is 2. The predicted molar refractivity (Wildman–Crippen MR) is 117 cm³/mol. The van der Waals surface area contributed by atoms with Crippen LogP contribution in [0.4, 0.5) is 0 Å². The van der Waals surface area contributed by atoms with Crippen LogP contribution in [0, 0.1) is 5.92 Å². The first-order valence-electron chi connectivity index (χ1n) is 10.1. The van der Waals surface area contributed by atoms with Crippen molar-refractivity contribution in [3.8, 4) is 5.75 Å². The van der Waals surface area contributed by atoms with Gasteiger partial charge in [-0.25, -0.2) is 0 Å². The normalized spacial score (nSPS) is 20.5. The molecule has 1 aliphatic rings. The Hall–Kier alpha value is -2.08. The van der Waals surface area contributed by atoms with Gasteiger partial charge in [-0.3, -0.25) is 9.69 Å². The monoisotopic (exact) mass is 415 g/mol. The molecule has 1 fully saturated rings. The molecule has 3 rings (SSSR count). The minimum atomic E-state index is -0.260. The van der Waals surface area contributed by atoms with Gasteiger partial charge in [0.15, 0.2) is 0 Å². The number of methoxy groups -OCH3 is 1. The molecule has 1 heterocycles. The van der Waals surface area contributed by atoms with Crippen LogP contribution in [0.15, 0.2) is 48.5 Å². The molecular weight excluding hydrogens is 386 g/mol. The summed E-state index contributed by atoms with van der Waals surface area (Å²) in [7, 11) is 1.67. The molecule has 3 N–H and O–H groups in total. The molecule has 156 valence electrons. The van der Waals surface area contributed by atoms with Gasteiger partial charge in [-0.2, -0.15) is 0 Å². The number of amides is 1. The fraction of sp³-hybridized carbons (Fsp3) is 0.435. The quantitative estimate of drug-likeness (QED) is 0.656. The van der Waals surface area contributed by atoms with Gasteiger partial charge in [-0.15, -0.1) is 0 Å². The molecule has 0 aliphatic carbocycles. The molecule has 29 heavy (non-hydrogen) atoms. The van der Waals surface area contributed by atoms with Crippen LogP contribution in [-0.2, 0) is 17.9 Å². The topological polar surface area (TPSA) is 67.6 Å². The number of nitrogens with zero attached hydrogens (tertiary/aromatic N) is 1. The van der Waals surface area contributed by atoms with Crippen molar-refractivity contribution in [2.24, 2.45) is 11.7 Å². The van der Waals surface area contributed by atoms with Gasteiger partial charge in [0.05, 0.1) is 13.2 Å². The lowest BCUT2D eigenvalue weighted by molar-refractivity contribution is -0.122. The standard InChI is InChI=1S/C23H30ClN3O2/c1-3-21(26-13-16-8-10-19(29-2)11-9-16)18-12-22(23(25)28)27(15-18)14-17-6-4-5-7-20(17)24/h4-11,18,21-22,26H,3,12-15H2,1-2H3,(H2,25,28)/t18-,21?,22-/m0/s1. The first kappa shape index (κ1) is 21.6. The van der Waals surface area contributed by atoms with E-state index in [1.807, 2.05) is 36.4 Å². The largest absolute Gasteiger partial charge is 0.497 e. The smallest absolute Gasteiger partial charge is 0.234 e. The van der Waals surface area contributed by atoms with Crippen LogP contribution in [0.3, 0.4) is 0 Å². The third-order valence-electron chi connectivity index (χ3n) is 5.83. The van der Waals surface area contributed by atoms with E-state index >= 15 is 0 Å². The van der Waals surface area contributed by atoms with Crippen LogP contribution in [-0.4, -0.2) is 36.5 Å². The van der Waals surface area contributed by atoms with E-state index in [1.165, 1.54) is 5.56 Å². The zero-order valence-electron chi connectivity index (χ0n) is 17.1. The summed E-state index contributed by atoms with van der Waals surface area (Å²) in [4.78, 5) is 14.3. The molecule has 1 unspecified atom stereocenters. The Morgan fingerprint density at radius 3 is 2.62 bits per heavy atom. The van der Waals surface area contributed by atoms with Gasteiger partial charge >= 0.3 is 0 Å². The van der Waals surface area contributed by atoms with Crippen molar-refractivity contribution in [1.29, 1.82) is 0 Å². The Morgan fingerprint density at radius 1 is 1.28 bits per heavy atom. The summed E-state index contributed by atoms with van der Waals surface area (Å²) < 4.78 is 5.22. The van der Waals surface area contributed by atoms with Crippen LogP contribution >= 0.6 is 11.6 Å². The maximum Gasteiger partial charge on any atom is 0.234 e. The number of ether oxygens (including phenoxy) is 1. The number of likely N-dealkylation sites (tertiary alicyclic amines) is 1. The number of nitrogens with one attached hydrogen (secondary N) is 1. The van der Waals surface area contributed by atoms with E-state index in [1.54, 1.807) is 7.11 Å². The first-order chi connectivity index (χ1) is 14.0. The van der Waals surface area contributed by atoms with Crippen molar-refractivity contribution < 1.29 is 9.53 Å². The average molecular weight is 416 g/mol. The van der Waals surface area contributed by atoms with E-state index in [0.717, 1.165) is 42.3 Å². The molecule has 1 saturated heterocycles. The Bertz CT molecular complexity index is 812. The van der Waals surface area contributed by atoms with Crippen molar-refractivity contribution in [2.75, 3.05) is 13.7 Å². The van der Waals surface area contributed by atoms with Crippen molar-refractivity contribution in [2.45, 2.75) is 44.9 Å². The first-order valence-corrected chi connectivity index (χ1v) is 10.5. The van der Waals surface area contributed by atoms with E-state index < -0.39 is 0 Å². The minimum Gasteiger partial charge on any atom is -0.497 e. The fourth-order valence-corrected chi connectivity index (χ4v) is 4.38. The average Bonchev–Trinajstić information content (AvgIpc) is 3.14. The van der Waals surface area contributed by atoms with Crippen molar-refractivity contribution in [1.82, 2.24) is 10.2 Å². The molecule has 0 radical (unpaired) electrons. The van der Waals surface area contributed by atoms with Crippen LogP contribution in [0.1, 0.15) is 30.9 Å². The molecular formula is C23H30ClN3O2. The third kappa shape index (κ3) is 5.50. The van der Waals surface area contributed by atoms with E-state index in [9.17, 15) is 4.79 Å². The molecule has 0 bridgehead atoms. The van der Waals surface area contributed by atoms with E-state index in [0.29, 0.717) is 18.5 Å². The van der Waals surface area contributed by atoms with Gasteiger partial charge in [0, 0.05) is 30.7 Å². The van der Waals surface area contributed by atoms with Crippen molar-refractivity contribution >= 4 is 17.5 Å². The SMILES string of the molecule is CCC(NCc1ccc(OC)cc1)[C@H]1C[C@@H](C(N)=O)N(Cc2ccccc2Cl)C1. The summed E-state index contributed by atoms with van der Waals surface area (Å²) in [6.45, 7) is 4.43. The van der Waals surface area contributed by atoms with E-state index in [2.05, 4.69) is 29.3 Å². The lowest BCUT2D eigenvalue weighted by atomic mass is 9.94. The van der Waals surface area contributed by atoms with Gasteiger partial charge in [0.25, 0.3) is 0 Å². The number of carbonyl (C=O) groups excluding carboxylic acids is 1. The number of halogens is 1. The molecule has 0 saturated carbocycles. The predicted octanol–water partition coefficient (Wildman–Crippen LogP) is 3.59. The summed E-state index contributed by atoms with van der Waals surface area (Å²) in [6, 6.07) is 15.9. The molecule has 6 heteroatoms. The maximum atomic E-state index is 12.1. The Morgan fingerprint density at radius 2 is 2.00 bits per heavy atom. The molecule has 5 nitrogen and oxygen atoms in total. The third-order valence-corrected chi connectivity index (χ3v) is 6.20. The van der Waals surface area contributed by atoms with E-state index in [4.69, 9.17) is 22.1 Å². The second-order valence-electron chi connectivity index (χ2n) is 7.68. The summed E-state index contributed by atoms with van der Waals surface area (Å²) >= 11 is 6.33. The molecule has 0 spiro atoms. The van der Waals surface area contributed by atoms with Crippen LogP contribution in [0.2, 0.25) is 5.02 Å². The number of carbonyl (C=O) groups is 1. The van der Waals surface area contributed by atoms with Gasteiger partial charge in [0.1, 0.15) is 5.75 Å². The highest BCUT2D eigenvalue weighted by Gasteiger charge is 2.38. The number of benzene rings is 2. The van der Waals surface area contributed by atoms with Gasteiger partial charge in [-0.05, 0) is 48.1 Å². The minimum absolute atomic E-state index is 0.256. The molecule has 1 amide bonds. The number of nitrogens with two attached hydrogens (primary N) is 1. The fourth-order valence-electron chi connectivity index (χ4n) is 4.18. The summed E-state index contributed by atoms with van der Waals surface area (Å²) in [5.41, 5.74) is 7.97. The molecule has 0 aromatic heterocycles. The Kier molecular flexibility index (Phi) is 7.53. The highest BCUT2D eigenvalue weighted by molar-refractivity contribution is 6.31. The zero-order chi connectivity index (χ0) is 20.8. The van der Waals surface area contributed by atoms with Gasteiger partial charge in [0.2, 0.25) is 5.91 Å². The lowest BCUT2D eigenvalue weighted by Crippen LogP contribution is -2.39. The van der Waals surface area contributed by atoms with Crippen LogP contribution in [0.25, 0.3) is 0 Å². The number of hydrogen-bond acceptors (Lipinski definition) is 4. The summed E-state index contributed by atoms with van der Waals surface area (Å²) in [6.07, 6.45) is 1.76. The molecule has 2 aromatic rings. The molecule has 2 aromatic carbocycles. The second-order valence-corrected chi connectivity index (χ2v) is 8.09. The molecule has 1 aliphatic heterocycles. The zero-order valence-corrected chi connectivity index (χ0v) is 17.9. The van der Waals surface area contributed by atoms with Gasteiger partial charge in [-0.1, -0.05) is 48.9 Å². The second kappa shape index (κ2) is 10.1. The Labute approximate surface area is 178 Å². The van der Waals surface area contributed by atoms with Gasteiger partial charge < -0.3 is 15.8 Å². The van der Waals surface area contributed by atoms with Crippen molar-refractivity contribution in [3.05, 3.63) is 64.7 Å². The summed E-state index contributed by atoms with van der Waals surface area (Å²) in [5, 5.41) is 4.40. The maximum absolute atomic E-state index is 12.1. The van der Waals surface area contributed by atoms with E-state index in [-0.39, 0.29) is 11.9 Å². The molecule has 3 atom stereocenters. The van der Waals surface area contributed by atoms with Crippen LogP contribution < -0.4 is 15.8 Å². The highest BCUT2D eigenvalue weighted by Crippen LogP contribution is 2.30. The Balaban J connectivity index is 1.64. The lowest BCUT2D eigenvalue weighted by Gasteiger charge is -2.25. The number of rotatable bonds is 9. The number of primary amides is 1. The highest BCUT2D eigenvalue weighted by atomic mass is 35.5.